The monoisotopic (exact) mass is 315 g/mol. The lowest BCUT2D eigenvalue weighted by molar-refractivity contribution is -0.135. The Morgan fingerprint density at radius 1 is 1.29 bits per heavy atom. The SMILES string of the molecule is CC(C)CNC(=O)C(C)NC(=O)C1(C(N)=S)CCOCC1. The number of thiocarbonyl (C=S) groups is 1. The van der Waals surface area contributed by atoms with Gasteiger partial charge in [-0.3, -0.25) is 9.59 Å². The smallest absolute Gasteiger partial charge is 0.242 e. The second-order valence-corrected chi connectivity index (χ2v) is 6.33. The Balaban J connectivity index is 2.65. The molecule has 1 atom stereocenters. The topological polar surface area (TPSA) is 93.5 Å². The van der Waals surface area contributed by atoms with E-state index >= 15 is 0 Å². The number of carbonyl (C=O) groups is 2. The Morgan fingerprint density at radius 3 is 2.33 bits per heavy atom. The minimum Gasteiger partial charge on any atom is -0.392 e. The molecule has 1 aliphatic rings. The van der Waals surface area contributed by atoms with Crippen LogP contribution in [0.25, 0.3) is 0 Å². The van der Waals surface area contributed by atoms with Crippen LogP contribution >= 0.6 is 12.2 Å². The molecule has 1 fully saturated rings. The van der Waals surface area contributed by atoms with E-state index in [4.69, 9.17) is 22.7 Å². The van der Waals surface area contributed by atoms with Gasteiger partial charge in [-0.2, -0.15) is 0 Å². The fourth-order valence-corrected chi connectivity index (χ4v) is 2.46. The Hall–Kier alpha value is -1.21. The number of rotatable bonds is 6. The van der Waals surface area contributed by atoms with Gasteiger partial charge in [0.25, 0.3) is 0 Å². The molecule has 1 aliphatic heterocycles. The van der Waals surface area contributed by atoms with Crippen LogP contribution < -0.4 is 16.4 Å². The number of hydrogen-bond acceptors (Lipinski definition) is 4. The standard InChI is InChI=1S/C14H25N3O3S/c1-9(2)8-16-11(18)10(3)17-13(19)14(12(15)21)4-6-20-7-5-14/h9-10H,4-8H2,1-3H3,(H2,15,21)(H,16,18)(H,17,19). The van der Waals surface area contributed by atoms with Crippen LogP contribution in [-0.4, -0.2) is 42.6 Å². The lowest BCUT2D eigenvalue weighted by Gasteiger charge is -2.35. The van der Waals surface area contributed by atoms with Crippen LogP contribution in [0.3, 0.4) is 0 Å². The second-order valence-electron chi connectivity index (χ2n) is 5.89. The number of hydrogen-bond donors (Lipinski definition) is 3. The molecule has 4 N–H and O–H groups in total. The first-order valence-corrected chi connectivity index (χ1v) is 7.66. The summed E-state index contributed by atoms with van der Waals surface area (Å²) in [5.41, 5.74) is 4.87. The normalized spacial score (nSPS) is 18.9. The Bertz CT molecular complexity index is 406. The summed E-state index contributed by atoms with van der Waals surface area (Å²) in [7, 11) is 0. The fourth-order valence-electron chi connectivity index (χ4n) is 2.16. The minimum absolute atomic E-state index is 0.165. The first kappa shape index (κ1) is 17.8. The molecule has 120 valence electrons. The molecule has 0 aliphatic carbocycles. The zero-order valence-corrected chi connectivity index (χ0v) is 13.7. The first-order valence-electron chi connectivity index (χ1n) is 7.26. The third kappa shape index (κ3) is 4.64. The maximum atomic E-state index is 12.5. The molecule has 1 saturated heterocycles. The molecule has 0 aromatic heterocycles. The Labute approximate surface area is 131 Å². The summed E-state index contributed by atoms with van der Waals surface area (Å²) < 4.78 is 5.27. The molecular weight excluding hydrogens is 290 g/mol. The molecule has 0 bridgehead atoms. The van der Waals surface area contributed by atoms with Crippen molar-refractivity contribution in [3.05, 3.63) is 0 Å². The van der Waals surface area contributed by atoms with Crippen LogP contribution in [0.15, 0.2) is 0 Å². The highest BCUT2D eigenvalue weighted by molar-refractivity contribution is 7.80. The highest BCUT2D eigenvalue weighted by Gasteiger charge is 2.43. The summed E-state index contributed by atoms with van der Waals surface area (Å²) in [5.74, 6) is -0.136. The number of nitrogens with two attached hydrogens (primary N) is 1. The van der Waals surface area contributed by atoms with E-state index in [1.165, 1.54) is 0 Å². The Kier molecular flexibility index (Phi) is 6.54. The molecule has 2 amide bonds. The van der Waals surface area contributed by atoms with E-state index in [2.05, 4.69) is 10.6 Å². The minimum atomic E-state index is -0.903. The van der Waals surface area contributed by atoms with Crippen molar-refractivity contribution in [3.8, 4) is 0 Å². The summed E-state index contributed by atoms with van der Waals surface area (Å²) in [6.45, 7) is 7.13. The van der Waals surface area contributed by atoms with Crippen molar-refractivity contribution in [2.45, 2.75) is 39.7 Å². The van der Waals surface area contributed by atoms with Gasteiger partial charge in [-0.15, -0.1) is 0 Å². The molecule has 7 heteroatoms. The highest BCUT2D eigenvalue weighted by atomic mass is 32.1. The third-order valence-corrected chi connectivity index (χ3v) is 4.07. The molecule has 21 heavy (non-hydrogen) atoms. The van der Waals surface area contributed by atoms with Gasteiger partial charge in [0, 0.05) is 19.8 Å². The van der Waals surface area contributed by atoms with E-state index in [0.717, 1.165) is 0 Å². The van der Waals surface area contributed by atoms with E-state index in [0.29, 0.717) is 38.5 Å². The number of carbonyl (C=O) groups excluding carboxylic acids is 2. The molecule has 0 aromatic rings. The van der Waals surface area contributed by atoms with Crippen molar-refractivity contribution in [1.29, 1.82) is 0 Å². The van der Waals surface area contributed by atoms with E-state index in [1.807, 2.05) is 13.8 Å². The highest BCUT2D eigenvalue weighted by Crippen LogP contribution is 2.31. The molecule has 0 spiro atoms. The van der Waals surface area contributed by atoms with Gasteiger partial charge < -0.3 is 21.1 Å². The number of nitrogens with one attached hydrogen (secondary N) is 2. The van der Waals surface area contributed by atoms with Crippen molar-refractivity contribution >= 4 is 29.0 Å². The average molecular weight is 315 g/mol. The van der Waals surface area contributed by atoms with Crippen LogP contribution in [0.4, 0.5) is 0 Å². The molecule has 0 radical (unpaired) electrons. The first-order chi connectivity index (χ1) is 9.79. The average Bonchev–Trinajstić information content (AvgIpc) is 2.44. The Morgan fingerprint density at radius 2 is 1.86 bits per heavy atom. The van der Waals surface area contributed by atoms with Gasteiger partial charge in [-0.1, -0.05) is 26.1 Å². The third-order valence-electron chi connectivity index (χ3n) is 3.68. The van der Waals surface area contributed by atoms with Crippen LogP contribution in [0.1, 0.15) is 33.6 Å². The summed E-state index contributed by atoms with van der Waals surface area (Å²) in [5, 5.41) is 5.51. The second kappa shape index (κ2) is 7.70. The zero-order chi connectivity index (χ0) is 16.0. The quantitative estimate of drug-likeness (QED) is 0.615. The van der Waals surface area contributed by atoms with E-state index in [1.54, 1.807) is 6.92 Å². The zero-order valence-electron chi connectivity index (χ0n) is 12.9. The molecule has 0 saturated carbocycles. The summed E-state index contributed by atoms with van der Waals surface area (Å²) in [6.07, 6.45) is 0.906. The summed E-state index contributed by atoms with van der Waals surface area (Å²) >= 11 is 5.07. The largest absolute Gasteiger partial charge is 0.392 e. The maximum Gasteiger partial charge on any atom is 0.242 e. The van der Waals surface area contributed by atoms with E-state index in [-0.39, 0.29) is 16.8 Å². The van der Waals surface area contributed by atoms with Crippen molar-refractivity contribution < 1.29 is 14.3 Å². The van der Waals surface area contributed by atoms with Crippen LogP contribution in [0.2, 0.25) is 0 Å². The van der Waals surface area contributed by atoms with Crippen molar-refractivity contribution in [3.63, 3.8) is 0 Å². The van der Waals surface area contributed by atoms with Crippen LogP contribution in [0.5, 0.6) is 0 Å². The molecule has 6 nitrogen and oxygen atoms in total. The van der Waals surface area contributed by atoms with Gasteiger partial charge in [-0.25, -0.2) is 0 Å². The number of ether oxygens (including phenoxy) is 1. The molecule has 0 aromatic carbocycles. The molecule has 1 heterocycles. The molecule has 1 unspecified atom stereocenters. The fraction of sp³-hybridized carbons (Fsp3) is 0.786. The van der Waals surface area contributed by atoms with Gasteiger partial charge in [0.1, 0.15) is 11.5 Å². The van der Waals surface area contributed by atoms with Gasteiger partial charge in [0.05, 0.1) is 4.99 Å². The lowest BCUT2D eigenvalue weighted by atomic mass is 9.79. The van der Waals surface area contributed by atoms with Crippen LogP contribution in [-0.2, 0) is 14.3 Å². The molecule has 1 rings (SSSR count). The number of amides is 2. The van der Waals surface area contributed by atoms with E-state index < -0.39 is 11.5 Å². The van der Waals surface area contributed by atoms with Crippen molar-refractivity contribution in [1.82, 2.24) is 10.6 Å². The van der Waals surface area contributed by atoms with Gasteiger partial charge in [0.15, 0.2) is 0 Å². The van der Waals surface area contributed by atoms with Crippen molar-refractivity contribution in [2.75, 3.05) is 19.8 Å². The summed E-state index contributed by atoms with van der Waals surface area (Å²) in [6, 6.07) is -0.620. The van der Waals surface area contributed by atoms with E-state index in [9.17, 15) is 9.59 Å². The van der Waals surface area contributed by atoms with Gasteiger partial charge in [0.2, 0.25) is 11.8 Å². The summed E-state index contributed by atoms with van der Waals surface area (Å²) in [4.78, 5) is 24.6. The van der Waals surface area contributed by atoms with Gasteiger partial charge in [-0.05, 0) is 25.7 Å². The van der Waals surface area contributed by atoms with Gasteiger partial charge >= 0.3 is 0 Å². The van der Waals surface area contributed by atoms with Crippen molar-refractivity contribution in [2.24, 2.45) is 17.1 Å². The maximum absolute atomic E-state index is 12.5. The van der Waals surface area contributed by atoms with Crippen LogP contribution in [0, 0.1) is 11.3 Å². The predicted molar refractivity (Wildman–Crippen MR) is 84.7 cm³/mol. The molecular formula is C14H25N3O3S. The predicted octanol–water partition coefficient (Wildman–Crippen LogP) is 0.346. The lowest BCUT2D eigenvalue weighted by Crippen LogP contribution is -2.56.